The Balaban J connectivity index is 1.04. The van der Waals surface area contributed by atoms with Crippen molar-refractivity contribution in [3.05, 3.63) is 215 Å². The first-order valence-corrected chi connectivity index (χ1v) is 26.5. The van der Waals surface area contributed by atoms with Crippen LogP contribution in [-0.4, -0.2) is 114 Å². The van der Waals surface area contributed by atoms with Gasteiger partial charge in [0.05, 0.1) is 38.1 Å². The van der Waals surface area contributed by atoms with Gasteiger partial charge in [0.2, 0.25) is 17.9 Å². The van der Waals surface area contributed by atoms with Crippen molar-refractivity contribution in [1.82, 2.24) is 10.2 Å². The van der Waals surface area contributed by atoms with Gasteiger partial charge in [-0.15, -0.1) is 0 Å². The van der Waals surface area contributed by atoms with Crippen LogP contribution in [0.5, 0.6) is 0 Å². The van der Waals surface area contributed by atoms with Crippen LogP contribution in [0.15, 0.2) is 182 Å². The summed E-state index contributed by atoms with van der Waals surface area (Å²) in [4.78, 5) is 42.5. The minimum atomic E-state index is -2.55. The second-order valence-corrected chi connectivity index (χ2v) is 19.4. The third-order valence-corrected chi connectivity index (χ3v) is 13.4. The van der Waals surface area contributed by atoms with Crippen LogP contribution in [0.3, 0.4) is 0 Å². The Bertz CT molecular complexity index is 2710. The Labute approximate surface area is 456 Å². The summed E-state index contributed by atoms with van der Waals surface area (Å²) in [6.07, 6.45) is -10.9. The molecule has 2 heterocycles. The van der Waals surface area contributed by atoms with Crippen molar-refractivity contribution in [3.63, 3.8) is 0 Å². The smallest absolute Gasteiger partial charge is 0.410 e. The lowest BCUT2D eigenvalue weighted by Gasteiger charge is -2.52. The SMILES string of the molecule is CC(=O)N[C@@]1(O)[C@H](OCCCCCN(Cc2ccccc2)C(=O)OCc2ccccc2)O[C@@H](C)[C@@H](O)[C@H]1O[C@@H]1O[C@H](COCc2ccccc2)[C@@H](OCc2ccccc2)[C@H](OCc2ccccc2)[C@H]1OC(=O)c1ccccc1. The molecule has 0 unspecified atom stereocenters. The molecule has 2 aliphatic rings. The molecule has 412 valence electrons. The molecule has 8 rings (SSSR count). The Kier molecular flexibility index (Phi) is 21.5. The number of amides is 2. The van der Waals surface area contributed by atoms with Gasteiger partial charge in [0.25, 0.3) is 0 Å². The molecule has 78 heavy (non-hydrogen) atoms. The maximum absolute atomic E-state index is 14.3. The summed E-state index contributed by atoms with van der Waals surface area (Å²) in [7, 11) is 0. The fourth-order valence-corrected chi connectivity index (χ4v) is 9.35. The second-order valence-electron chi connectivity index (χ2n) is 19.4. The molecule has 6 aromatic carbocycles. The van der Waals surface area contributed by atoms with Gasteiger partial charge >= 0.3 is 12.1 Å². The summed E-state index contributed by atoms with van der Waals surface area (Å²) in [5.74, 6) is -1.43. The zero-order chi connectivity index (χ0) is 54.5. The van der Waals surface area contributed by atoms with Gasteiger partial charge in [-0.2, -0.15) is 0 Å². The minimum Gasteiger partial charge on any atom is -0.450 e. The topological polar surface area (TPSA) is 190 Å². The number of esters is 1. The summed E-state index contributed by atoms with van der Waals surface area (Å²) < 4.78 is 58.0. The van der Waals surface area contributed by atoms with Gasteiger partial charge in [0.15, 0.2) is 12.4 Å². The Morgan fingerprint density at radius 2 is 1.12 bits per heavy atom. The number of aliphatic hydroxyl groups is 2. The van der Waals surface area contributed by atoms with E-state index >= 15 is 0 Å². The van der Waals surface area contributed by atoms with E-state index in [2.05, 4.69) is 5.32 Å². The summed E-state index contributed by atoms with van der Waals surface area (Å²) in [5, 5.41) is 27.4. The standard InChI is InChI=1S/C62H70N2O14/c1-44-53(66)57(62(69,63-45(2)65)60(75-44)71-37-23-9-22-36-64(38-46-24-10-3-11-25-46)61(68)74-42-50-32-18-7-19-33-50)78-59-56(77-58(67)51-34-20-8-21-35-51)55(73-41-49-30-16-6-17-31-49)54(72-40-48-28-14-5-15-29-48)52(76-59)43-70-39-47-26-12-4-13-27-47/h3-8,10-21,24-35,44,52-57,59-60,66,69H,9,22-23,36-43H2,1-2H3,(H,63,65)/t44-,52+,53+,54+,55-,56+,57+,59-,60+,62-/m0/s1. The number of aliphatic hydroxyl groups excluding tert-OH is 1. The lowest BCUT2D eigenvalue weighted by molar-refractivity contribution is -0.389. The quantitative estimate of drug-likeness (QED) is 0.0266. The molecule has 16 heteroatoms. The van der Waals surface area contributed by atoms with E-state index in [0.717, 1.165) is 27.8 Å². The molecule has 0 bridgehead atoms. The normalized spacial score (nSPS) is 23.9. The monoisotopic (exact) mass is 1070 g/mol. The van der Waals surface area contributed by atoms with Crippen molar-refractivity contribution in [2.45, 2.75) is 127 Å². The van der Waals surface area contributed by atoms with Crippen LogP contribution in [0.1, 0.15) is 71.3 Å². The van der Waals surface area contributed by atoms with E-state index in [-0.39, 0.29) is 45.2 Å². The summed E-state index contributed by atoms with van der Waals surface area (Å²) in [6.45, 7) is 4.01. The van der Waals surface area contributed by atoms with Gasteiger partial charge in [-0.25, -0.2) is 9.59 Å². The predicted molar refractivity (Wildman–Crippen MR) is 288 cm³/mol. The zero-order valence-electron chi connectivity index (χ0n) is 44.0. The molecule has 2 fully saturated rings. The number of carbonyl (C=O) groups is 3. The number of unbranched alkanes of at least 4 members (excludes halogenated alkanes) is 2. The molecule has 0 spiro atoms. The number of hydrogen-bond acceptors (Lipinski definition) is 14. The summed E-state index contributed by atoms with van der Waals surface area (Å²) in [6, 6.07) is 56.1. The maximum atomic E-state index is 14.3. The number of hydrogen-bond donors (Lipinski definition) is 3. The first-order valence-electron chi connectivity index (χ1n) is 26.5. The van der Waals surface area contributed by atoms with Crippen LogP contribution < -0.4 is 5.32 Å². The van der Waals surface area contributed by atoms with Crippen LogP contribution in [0.25, 0.3) is 0 Å². The van der Waals surface area contributed by atoms with Crippen molar-refractivity contribution in [2.75, 3.05) is 19.8 Å². The molecule has 0 aromatic heterocycles. The highest BCUT2D eigenvalue weighted by atomic mass is 16.8. The van der Waals surface area contributed by atoms with Crippen molar-refractivity contribution >= 4 is 18.0 Å². The van der Waals surface area contributed by atoms with E-state index in [4.69, 9.17) is 42.6 Å². The van der Waals surface area contributed by atoms with Crippen LogP contribution in [0.2, 0.25) is 0 Å². The van der Waals surface area contributed by atoms with Crippen LogP contribution in [-0.2, 0) is 80.4 Å². The van der Waals surface area contributed by atoms with Gasteiger partial charge in [0.1, 0.15) is 37.1 Å². The van der Waals surface area contributed by atoms with E-state index < -0.39 is 79.0 Å². The van der Waals surface area contributed by atoms with Gasteiger partial charge < -0.3 is 63.1 Å². The summed E-state index contributed by atoms with van der Waals surface area (Å²) >= 11 is 0. The van der Waals surface area contributed by atoms with Crippen molar-refractivity contribution in [1.29, 1.82) is 0 Å². The number of nitrogens with one attached hydrogen (secondary N) is 1. The highest BCUT2D eigenvalue weighted by Crippen LogP contribution is 2.37. The number of nitrogens with zero attached hydrogens (tertiary/aromatic N) is 1. The molecule has 2 aliphatic heterocycles. The average molecular weight is 1070 g/mol. The number of carbonyl (C=O) groups excluding carboxylic acids is 3. The molecule has 3 N–H and O–H groups in total. The molecule has 2 saturated heterocycles. The largest absolute Gasteiger partial charge is 0.450 e. The first-order chi connectivity index (χ1) is 38.0. The van der Waals surface area contributed by atoms with E-state index in [0.29, 0.717) is 32.4 Å². The number of benzene rings is 6. The predicted octanol–water partition coefficient (Wildman–Crippen LogP) is 8.67. The Morgan fingerprint density at radius 3 is 1.68 bits per heavy atom. The summed E-state index contributed by atoms with van der Waals surface area (Å²) in [5.41, 5.74) is 2.08. The van der Waals surface area contributed by atoms with Crippen molar-refractivity contribution in [3.8, 4) is 0 Å². The molecule has 6 aromatic rings. The highest BCUT2D eigenvalue weighted by molar-refractivity contribution is 5.89. The highest BCUT2D eigenvalue weighted by Gasteiger charge is 2.60. The van der Waals surface area contributed by atoms with Gasteiger partial charge in [-0.3, -0.25) is 4.79 Å². The lowest BCUT2D eigenvalue weighted by Crippen LogP contribution is -2.75. The van der Waals surface area contributed by atoms with Crippen molar-refractivity contribution in [2.24, 2.45) is 0 Å². The first kappa shape index (κ1) is 57.3. The van der Waals surface area contributed by atoms with Crippen LogP contribution in [0, 0.1) is 0 Å². The molecule has 0 saturated carbocycles. The number of rotatable bonds is 26. The number of ether oxygens (including phenoxy) is 9. The second kappa shape index (κ2) is 29.2. The minimum absolute atomic E-state index is 0.0349. The van der Waals surface area contributed by atoms with E-state index in [9.17, 15) is 24.6 Å². The molecule has 16 nitrogen and oxygen atoms in total. The molecule has 0 radical (unpaired) electrons. The van der Waals surface area contributed by atoms with E-state index in [1.54, 1.807) is 42.2 Å². The third kappa shape index (κ3) is 16.4. The molecular formula is C62H70N2O14. The maximum Gasteiger partial charge on any atom is 0.410 e. The fourth-order valence-electron chi connectivity index (χ4n) is 9.35. The lowest BCUT2D eigenvalue weighted by atomic mass is 9.92. The van der Waals surface area contributed by atoms with Crippen molar-refractivity contribution < 1.29 is 67.2 Å². The molecular weight excluding hydrogens is 997 g/mol. The fraction of sp³-hybridized carbons (Fsp3) is 0.371. The van der Waals surface area contributed by atoms with Crippen LogP contribution >= 0.6 is 0 Å². The molecule has 10 atom stereocenters. The van der Waals surface area contributed by atoms with E-state index in [1.165, 1.54) is 6.92 Å². The zero-order valence-corrected chi connectivity index (χ0v) is 44.0. The van der Waals surface area contributed by atoms with Gasteiger partial charge in [-0.05, 0) is 66.1 Å². The van der Waals surface area contributed by atoms with E-state index in [1.807, 2.05) is 152 Å². The Morgan fingerprint density at radius 1 is 0.603 bits per heavy atom. The third-order valence-electron chi connectivity index (χ3n) is 13.4. The molecule has 2 amide bonds. The van der Waals surface area contributed by atoms with Gasteiger partial charge in [0, 0.05) is 26.6 Å². The Hall–Kier alpha value is -6.83. The van der Waals surface area contributed by atoms with Gasteiger partial charge in [-0.1, -0.05) is 170 Å². The average Bonchev–Trinajstić information content (AvgIpc) is 3.63. The molecule has 0 aliphatic carbocycles. The van der Waals surface area contributed by atoms with Crippen LogP contribution in [0.4, 0.5) is 4.79 Å².